The minimum Gasteiger partial charge on any atom is -0.299 e. The molecular formula is C14H16O. The van der Waals surface area contributed by atoms with Gasteiger partial charge < -0.3 is 0 Å². The van der Waals surface area contributed by atoms with E-state index >= 15 is 0 Å². The van der Waals surface area contributed by atoms with Crippen LogP contribution in [0.5, 0.6) is 0 Å². The molecule has 3 rings (SSSR count). The summed E-state index contributed by atoms with van der Waals surface area (Å²) >= 11 is 0. The van der Waals surface area contributed by atoms with E-state index in [4.69, 9.17) is 0 Å². The van der Waals surface area contributed by atoms with E-state index in [1.165, 1.54) is 18.4 Å². The first-order chi connectivity index (χ1) is 7.21. The molecule has 2 saturated carbocycles. The maximum Gasteiger partial charge on any atom is 0.136 e. The van der Waals surface area contributed by atoms with Gasteiger partial charge in [0.15, 0.2) is 0 Å². The van der Waals surface area contributed by atoms with Crippen LogP contribution in [0.15, 0.2) is 30.3 Å². The summed E-state index contributed by atoms with van der Waals surface area (Å²) in [6.07, 6.45) is 4.63. The average Bonchev–Trinajstić information content (AvgIpc) is 3.12. The van der Waals surface area contributed by atoms with Crippen molar-refractivity contribution in [2.45, 2.75) is 38.0 Å². The van der Waals surface area contributed by atoms with Crippen molar-refractivity contribution in [1.29, 1.82) is 0 Å². The average molecular weight is 200 g/mol. The minimum atomic E-state index is 0.0222. The zero-order valence-corrected chi connectivity index (χ0v) is 9.12. The topological polar surface area (TPSA) is 17.1 Å². The highest BCUT2D eigenvalue weighted by molar-refractivity contribution is 5.88. The van der Waals surface area contributed by atoms with Crippen molar-refractivity contribution < 1.29 is 4.79 Å². The molecule has 0 saturated heterocycles. The van der Waals surface area contributed by atoms with Crippen LogP contribution in [-0.2, 0) is 10.2 Å². The molecule has 0 aromatic heterocycles. The van der Waals surface area contributed by atoms with Gasteiger partial charge in [-0.2, -0.15) is 0 Å². The Bertz CT molecular complexity index is 397. The Labute approximate surface area is 90.5 Å². The van der Waals surface area contributed by atoms with Crippen molar-refractivity contribution in [3.63, 3.8) is 0 Å². The van der Waals surface area contributed by atoms with Crippen LogP contribution in [0, 0.1) is 5.41 Å². The number of carbonyl (C=O) groups is 1. The molecule has 2 aliphatic carbocycles. The first kappa shape index (κ1) is 9.14. The zero-order chi connectivity index (χ0) is 10.5. The Morgan fingerprint density at radius 3 is 2.07 bits per heavy atom. The fourth-order valence-corrected chi connectivity index (χ4v) is 3.22. The van der Waals surface area contributed by atoms with Crippen molar-refractivity contribution in [2.24, 2.45) is 5.41 Å². The number of benzene rings is 1. The summed E-state index contributed by atoms with van der Waals surface area (Å²) in [5.74, 6) is 0.406. The predicted octanol–water partition coefficient (Wildman–Crippen LogP) is 3.09. The third-order valence-electron chi connectivity index (χ3n) is 4.42. The molecule has 15 heavy (non-hydrogen) atoms. The summed E-state index contributed by atoms with van der Waals surface area (Å²) in [6.45, 7) is 1.77. The second-order valence-electron chi connectivity index (χ2n) is 5.09. The molecule has 0 spiro atoms. The molecule has 2 fully saturated rings. The first-order valence-electron chi connectivity index (χ1n) is 5.78. The van der Waals surface area contributed by atoms with Crippen LogP contribution in [0.4, 0.5) is 0 Å². The first-order valence-corrected chi connectivity index (χ1v) is 5.78. The van der Waals surface area contributed by atoms with Crippen molar-refractivity contribution in [3.8, 4) is 0 Å². The Morgan fingerprint density at radius 1 is 1.07 bits per heavy atom. The third-order valence-corrected chi connectivity index (χ3v) is 4.42. The van der Waals surface area contributed by atoms with Gasteiger partial charge in [-0.05, 0) is 38.2 Å². The van der Waals surface area contributed by atoms with Gasteiger partial charge in [0.2, 0.25) is 0 Å². The molecule has 1 aromatic rings. The molecule has 0 N–H and O–H groups in total. The Kier molecular flexibility index (Phi) is 1.66. The van der Waals surface area contributed by atoms with Crippen LogP contribution < -0.4 is 0 Å². The molecule has 0 bridgehead atoms. The smallest absolute Gasteiger partial charge is 0.136 e. The summed E-state index contributed by atoms with van der Waals surface area (Å²) in [4.78, 5) is 11.8. The molecule has 0 amide bonds. The van der Waals surface area contributed by atoms with Gasteiger partial charge in [-0.3, -0.25) is 4.79 Å². The van der Waals surface area contributed by atoms with E-state index in [-0.39, 0.29) is 10.8 Å². The fraction of sp³-hybridized carbons (Fsp3) is 0.500. The molecule has 2 aliphatic rings. The lowest BCUT2D eigenvalue weighted by molar-refractivity contribution is -0.123. The third kappa shape index (κ3) is 1.06. The number of ketones is 1. The van der Waals surface area contributed by atoms with E-state index in [9.17, 15) is 4.79 Å². The van der Waals surface area contributed by atoms with Crippen molar-refractivity contribution in [1.82, 2.24) is 0 Å². The molecule has 1 heteroatoms. The van der Waals surface area contributed by atoms with Crippen molar-refractivity contribution in [2.75, 3.05) is 0 Å². The van der Waals surface area contributed by atoms with Gasteiger partial charge in [-0.25, -0.2) is 0 Å². The van der Waals surface area contributed by atoms with Crippen LogP contribution in [0.1, 0.15) is 38.2 Å². The van der Waals surface area contributed by atoms with E-state index in [1.807, 2.05) is 6.07 Å². The molecule has 78 valence electrons. The van der Waals surface area contributed by atoms with Gasteiger partial charge in [0.1, 0.15) is 5.78 Å². The maximum absolute atomic E-state index is 11.8. The van der Waals surface area contributed by atoms with Gasteiger partial charge >= 0.3 is 0 Å². The monoisotopic (exact) mass is 200 g/mol. The van der Waals surface area contributed by atoms with Gasteiger partial charge in [0.25, 0.3) is 0 Å². The normalized spacial score (nSPS) is 24.6. The van der Waals surface area contributed by atoms with Gasteiger partial charge in [0, 0.05) is 10.8 Å². The molecule has 1 aromatic carbocycles. The van der Waals surface area contributed by atoms with Crippen molar-refractivity contribution in [3.05, 3.63) is 35.9 Å². The minimum absolute atomic E-state index is 0.0222. The van der Waals surface area contributed by atoms with Crippen LogP contribution in [0.3, 0.4) is 0 Å². The van der Waals surface area contributed by atoms with Gasteiger partial charge in [0.05, 0.1) is 0 Å². The van der Waals surface area contributed by atoms with Gasteiger partial charge in [-0.1, -0.05) is 30.3 Å². The number of hydrogen-bond donors (Lipinski definition) is 0. The quantitative estimate of drug-likeness (QED) is 0.732. The number of rotatable bonds is 3. The highest BCUT2D eigenvalue weighted by Gasteiger charge is 2.68. The van der Waals surface area contributed by atoms with Crippen LogP contribution in [0.2, 0.25) is 0 Å². The van der Waals surface area contributed by atoms with E-state index in [1.54, 1.807) is 6.92 Å². The van der Waals surface area contributed by atoms with E-state index in [0.717, 1.165) is 12.8 Å². The molecule has 0 atom stereocenters. The Hall–Kier alpha value is -1.11. The lowest BCUT2D eigenvalue weighted by Crippen LogP contribution is -2.28. The second kappa shape index (κ2) is 2.72. The molecule has 0 radical (unpaired) electrons. The summed E-state index contributed by atoms with van der Waals surface area (Å²) in [5, 5.41) is 0. The fourth-order valence-electron chi connectivity index (χ4n) is 3.22. The summed E-state index contributed by atoms with van der Waals surface area (Å²) in [5.41, 5.74) is 1.63. The van der Waals surface area contributed by atoms with E-state index < -0.39 is 0 Å². The number of hydrogen-bond acceptors (Lipinski definition) is 1. The van der Waals surface area contributed by atoms with Crippen LogP contribution in [0.25, 0.3) is 0 Å². The van der Waals surface area contributed by atoms with Crippen LogP contribution in [-0.4, -0.2) is 5.78 Å². The lowest BCUT2D eigenvalue weighted by atomic mass is 9.77. The second-order valence-corrected chi connectivity index (χ2v) is 5.09. The molecule has 0 aliphatic heterocycles. The molecular weight excluding hydrogens is 184 g/mol. The lowest BCUT2D eigenvalue weighted by Gasteiger charge is -2.24. The molecule has 0 unspecified atom stereocenters. The van der Waals surface area contributed by atoms with E-state index in [0.29, 0.717) is 5.78 Å². The SMILES string of the molecule is CC(=O)C1(C2(c3ccccc3)CC2)CC1. The number of carbonyl (C=O) groups excluding carboxylic acids is 1. The predicted molar refractivity (Wildman–Crippen MR) is 59.7 cm³/mol. The van der Waals surface area contributed by atoms with Crippen LogP contribution >= 0.6 is 0 Å². The molecule has 0 heterocycles. The summed E-state index contributed by atoms with van der Waals surface area (Å²) < 4.78 is 0. The Morgan fingerprint density at radius 2 is 1.67 bits per heavy atom. The van der Waals surface area contributed by atoms with Crippen molar-refractivity contribution >= 4 is 5.78 Å². The summed E-state index contributed by atoms with van der Waals surface area (Å²) in [7, 11) is 0. The Balaban J connectivity index is 2.03. The maximum atomic E-state index is 11.8. The highest BCUT2D eigenvalue weighted by atomic mass is 16.1. The largest absolute Gasteiger partial charge is 0.299 e. The number of Topliss-reactive ketones (excluding diaryl/α,β-unsaturated/α-hetero) is 1. The van der Waals surface area contributed by atoms with Gasteiger partial charge in [-0.15, -0.1) is 0 Å². The van der Waals surface area contributed by atoms with E-state index in [2.05, 4.69) is 24.3 Å². The standard InChI is InChI=1S/C14H16O/c1-11(15)13(7-8-13)14(9-10-14)12-5-3-2-4-6-12/h2-6H,7-10H2,1H3. The summed E-state index contributed by atoms with van der Waals surface area (Å²) in [6, 6.07) is 10.6. The highest BCUT2D eigenvalue weighted by Crippen LogP contribution is 2.71. The molecule has 1 nitrogen and oxygen atoms in total. The zero-order valence-electron chi connectivity index (χ0n) is 9.12.